The molecule has 0 spiro atoms. The number of carbonyl (C=O) groups is 1. The molecule has 198 valence electrons. The van der Waals surface area contributed by atoms with Crippen LogP contribution in [0.3, 0.4) is 0 Å². The first-order valence-electron chi connectivity index (χ1n) is 12.3. The zero-order valence-corrected chi connectivity index (χ0v) is 23.4. The number of phenolic OH excluding ortho intramolecular Hbond substituents is 1. The third-order valence-electron chi connectivity index (χ3n) is 6.09. The molecule has 9 heteroatoms. The zero-order chi connectivity index (χ0) is 27.4. The highest BCUT2D eigenvalue weighted by atomic mass is 32.2. The van der Waals surface area contributed by atoms with E-state index in [-0.39, 0.29) is 17.9 Å². The Labute approximate surface area is 229 Å². The second-order valence-corrected chi connectivity index (χ2v) is 10.4. The van der Waals surface area contributed by atoms with Gasteiger partial charge in [0.15, 0.2) is 16.3 Å². The van der Waals surface area contributed by atoms with Crippen molar-refractivity contribution in [1.82, 2.24) is 4.57 Å². The number of hydrogen-bond acceptors (Lipinski definition) is 8. The molecule has 1 N–H and O–H groups in total. The summed E-state index contributed by atoms with van der Waals surface area (Å²) in [5, 5.41) is 10.6. The van der Waals surface area contributed by atoms with Crippen LogP contribution in [-0.4, -0.2) is 35.1 Å². The number of thioether (sulfide) groups is 1. The lowest BCUT2D eigenvalue weighted by atomic mass is 9.96. The number of aromatic nitrogens is 1. The van der Waals surface area contributed by atoms with Gasteiger partial charge in [0.1, 0.15) is 0 Å². The number of carbonyl (C=O) groups excluding carboxylic acids is 1. The fraction of sp³-hybridized carbons (Fsp3) is 0.276. The van der Waals surface area contributed by atoms with Gasteiger partial charge in [0.05, 0.1) is 35.1 Å². The molecule has 38 heavy (non-hydrogen) atoms. The van der Waals surface area contributed by atoms with E-state index < -0.39 is 12.0 Å². The van der Waals surface area contributed by atoms with Gasteiger partial charge >= 0.3 is 5.97 Å². The monoisotopic (exact) mass is 550 g/mol. The fourth-order valence-corrected chi connectivity index (χ4v) is 5.85. The maximum atomic E-state index is 13.9. The Morgan fingerprint density at radius 2 is 1.97 bits per heavy atom. The van der Waals surface area contributed by atoms with Gasteiger partial charge in [-0.15, -0.1) is 18.3 Å². The average Bonchev–Trinajstić information content (AvgIpc) is 3.20. The minimum absolute atomic E-state index is 0.0637. The van der Waals surface area contributed by atoms with Crippen molar-refractivity contribution in [3.05, 3.63) is 96.7 Å². The lowest BCUT2D eigenvalue weighted by molar-refractivity contribution is -0.139. The van der Waals surface area contributed by atoms with Crippen LogP contribution in [0.4, 0.5) is 0 Å². The number of rotatable bonds is 9. The lowest BCUT2D eigenvalue weighted by Crippen LogP contribution is -2.39. The maximum absolute atomic E-state index is 13.9. The van der Waals surface area contributed by atoms with Crippen molar-refractivity contribution in [3.63, 3.8) is 0 Å². The third kappa shape index (κ3) is 5.35. The molecule has 0 bridgehead atoms. The van der Waals surface area contributed by atoms with E-state index in [4.69, 9.17) is 9.47 Å². The first-order valence-corrected chi connectivity index (χ1v) is 14.3. The molecule has 0 radical (unpaired) electrons. The van der Waals surface area contributed by atoms with Crippen LogP contribution in [0.5, 0.6) is 11.5 Å². The highest BCUT2D eigenvalue weighted by molar-refractivity contribution is 7.98. The third-order valence-corrected chi connectivity index (χ3v) is 7.81. The normalized spacial score (nSPS) is 15.2. The standard InChI is InChI=1S/C29H30N2O5S2/c1-6-9-20-14-18(15-22(26(20)32)35-7-2)16-23-27(33)31-25(19-10-12-21(37-5)13-11-19)24(28(34)36-8-3)17(4)30-29(31)38-23/h6,10-16,25,32H,1,7-9H2,2-5H3/b23-16+/t25-/m0/s1. The van der Waals surface area contributed by atoms with Gasteiger partial charge in [-0.3, -0.25) is 9.36 Å². The zero-order valence-electron chi connectivity index (χ0n) is 21.8. The van der Waals surface area contributed by atoms with Crippen molar-refractivity contribution in [2.45, 2.75) is 38.1 Å². The van der Waals surface area contributed by atoms with Crippen LogP contribution < -0.4 is 19.6 Å². The summed E-state index contributed by atoms with van der Waals surface area (Å²) in [6.45, 7) is 9.72. The van der Waals surface area contributed by atoms with Gasteiger partial charge in [-0.25, -0.2) is 9.79 Å². The van der Waals surface area contributed by atoms with Crippen LogP contribution in [0.2, 0.25) is 0 Å². The molecule has 2 aromatic carbocycles. The Bertz CT molecular complexity index is 1580. The van der Waals surface area contributed by atoms with E-state index in [1.807, 2.05) is 43.5 Å². The quantitative estimate of drug-likeness (QED) is 0.242. The summed E-state index contributed by atoms with van der Waals surface area (Å²) in [5.41, 5.74) is 2.75. The van der Waals surface area contributed by atoms with E-state index >= 15 is 0 Å². The lowest BCUT2D eigenvalue weighted by Gasteiger charge is -2.24. The number of benzene rings is 2. The molecule has 2 heterocycles. The minimum atomic E-state index is -0.668. The number of esters is 1. The number of ether oxygens (including phenoxy) is 2. The predicted molar refractivity (Wildman–Crippen MR) is 152 cm³/mol. The number of nitrogens with zero attached hydrogens (tertiary/aromatic N) is 2. The average molecular weight is 551 g/mol. The van der Waals surface area contributed by atoms with Crippen molar-refractivity contribution in [2.24, 2.45) is 4.99 Å². The second-order valence-electron chi connectivity index (χ2n) is 8.53. The van der Waals surface area contributed by atoms with E-state index in [9.17, 15) is 14.7 Å². The van der Waals surface area contributed by atoms with E-state index in [1.165, 1.54) is 11.3 Å². The molecule has 0 saturated heterocycles. The summed E-state index contributed by atoms with van der Waals surface area (Å²) in [6, 6.07) is 10.7. The summed E-state index contributed by atoms with van der Waals surface area (Å²) in [7, 11) is 0. The fourth-order valence-electron chi connectivity index (χ4n) is 4.39. The molecule has 0 aliphatic carbocycles. The van der Waals surface area contributed by atoms with Crippen molar-refractivity contribution in [3.8, 4) is 11.5 Å². The Balaban J connectivity index is 1.93. The van der Waals surface area contributed by atoms with Crippen molar-refractivity contribution in [1.29, 1.82) is 0 Å². The van der Waals surface area contributed by atoms with Crippen LogP contribution in [0.25, 0.3) is 6.08 Å². The smallest absolute Gasteiger partial charge is 0.338 e. The molecule has 0 fully saturated rings. The van der Waals surface area contributed by atoms with Crippen LogP contribution >= 0.6 is 23.1 Å². The Morgan fingerprint density at radius 3 is 2.61 bits per heavy atom. The first kappa shape index (κ1) is 27.5. The highest BCUT2D eigenvalue weighted by Crippen LogP contribution is 2.33. The van der Waals surface area contributed by atoms with Gasteiger partial charge in [-0.2, -0.15) is 0 Å². The number of thiazole rings is 1. The van der Waals surface area contributed by atoms with Crippen LogP contribution in [0.1, 0.15) is 43.5 Å². The molecule has 3 aromatic rings. The second kappa shape index (κ2) is 11.9. The largest absolute Gasteiger partial charge is 0.504 e. The van der Waals surface area contributed by atoms with Gasteiger partial charge in [0, 0.05) is 10.5 Å². The minimum Gasteiger partial charge on any atom is -0.504 e. The summed E-state index contributed by atoms with van der Waals surface area (Å²) >= 11 is 2.87. The molecule has 1 aromatic heterocycles. The molecular formula is C29H30N2O5S2. The molecule has 1 atom stereocenters. The van der Waals surface area contributed by atoms with Crippen LogP contribution in [0, 0.1) is 0 Å². The van der Waals surface area contributed by atoms with Crippen molar-refractivity contribution in [2.75, 3.05) is 19.5 Å². The Morgan fingerprint density at radius 1 is 1.24 bits per heavy atom. The maximum Gasteiger partial charge on any atom is 0.338 e. The van der Waals surface area contributed by atoms with E-state index in [0.717, 1.165) is 10.5 Å². The summed E-state index contributed by atoms with van der Waals surface area (Å²) in [4.78, 5) is 33.1. The Kier molecular flexibility index (Phi) is 8.58. The van der Waals surface area contributed by atoms with Gasteiger partial charge in [0.2, 0.25) is 0 Å². The summed E-state index contributed by atoms with van der Waals surface area (Å²) in [5.74, 6) is -0.0808. The van der Waals surface area contributed by atoms with E-state index in [2.05, 4.69) is 11.6 Å². The number of allylic oxidation sites excluding steroid dienone is 2. The van der Waals surface area contributed by atoms with Gasteiger partial charge in [-0.1, -0.05) is 29.5 Å². The van der Waals surface area contributed by atoms with Gasteiger partial charge < -0.3 is 14.6 Å². The van der Waals surface area contributed by atoms with Crippen molar-refractivity contribution < 1.29 is 19.4 Å². The van der Waals surface area contributed by atoms with Crippen molar-refractivity contribution >= 4 is 35.1 Å². The van der Waals surface area contributed by atoms with Gasteiger partial charge in [0.25, 0.3) is 5.56 Å². The van der Waals surface area contributed by atoms with Crippen LogP contribution in [0.15, 0.2) is 75.0 Å². The van der Waals surface area contributed by atoms with Gasteiger partial charge in [-0.05, 0) is 74.9 Å². The predicted octanol–water partition coefficient (Wildman–Crippen LogP) is 4.35. The number of aromatic hydroxyl groups is 1. The molecule has 0 unspecified atom stereocenters. The number of hydrogen-bond donors (Lipinski definition) is 1. The molecule has 4 rings (SSSR count). The summed E-state index contributed by atoms with van der Waals surface area (Å²) < 4.78 is 13.0. The molecule has 1 aliphatic heterocycles. The molecule has 1 aliphatic rings. The van der Waals surface area contributed by atoms with E-state index in [1.54, 1.807) is 48.4 Å². The molecular weight excluding hydrogens is 520 g/mol. The first-order chi connectivity index (χ1) is 18.3. The summed E-state index contributed by atoms with van der Waals surface area (Å²) in [6.07, 6.45) is 5.90. The highest BCUT2D eigenvalue weighted by Gasteiger charge is 2.33. The Hall–Kier alpha value is -3.56. The molecule has 7 nitrogen and oxygen atoms in total. The van der Waals surface area contributed by atoms with E-state index in [0.29, 0.717) is 50.5 Å². The van der Waals surface area contributed by atoms with Crippen LogP contribution in [-0.2, 0) is 16.0 Å². The molecule has 0 saturated carbocycles. The number of phenols is 1. The number of fused-ring (bicyclic) bond motifs is 1. The molecule has 0 amide bonds. The topological polar surface area (TPSA) is 90.1 Å². The SMILES string of the molecule is C=CCc1cc(/C=c2/sc3n(c2=O)[C@@H](c2ccc(SC)cc2)C(C(=O)OCC)=C(C)N=3)cc(OCC)c1O.